The van der Waals surface area contributed by atoms with E-state index in [4.69, 9.17) is 4.74 Å². The van der Waals surface area contributed by atoms with Crippen LogP contribution in [0.1, 0.15) is 11.1 Å². The Balaban J connectivity index is 1.65. The number of benzene rings is 2. The number of ether oxygens (including phenoxy) is 1. The lowest BCUT2D eigenvalue weighted by atomic mass is 10.1. The molecule has 5 nitrogen and oxygen atoms in total. The van der Waals surface area contributed by atoms with Crippen molar-refractivity contribution in [3.63, 3.8) is 0 Å². The standard InChI is InChI=1S/C17H18N4OS/c1-13-7-6-8-14(2)16(13)21-17(18-19-20-21)23-12-11-22-15-9-4-3-5-10-15/h3-10H,11-12H2,1-2H3. The molecule has 0 aliphatic carbocycles. The molecular weight excluding hydrogens is 308 g/mol. The van der Waals surface area contributed by atoms with E-state index >= 15 is 0 Å². The molecule has 0 saturated heterocycles. The minimum Gasteiger partial charge on any atom is -0.493 e. The van der Waals surface area contributed by atoms with Gasteiger partial charge in [-0.15, -0.1) is 5.10 Å². The average molecular weight is 326 g/mol. The normalized spacial score (nSPS) is 10.7. The van der Waals surface area contributed by atoms with Gasteiger partial charge in [-0.1, -0.05) is 48.2 Å². The van der Waals surface area contributed by atoms with E-state index in [2.05, 4.69) is 41.5 Å². The van der Waals surface area contributed by atoms with Gasteiger partial charge in [-0.3, -0.25) is 0 Å². The highest BCUT2D eigenvalue weighted by Crippen LogP contribution is 2.23. The number of aryl methyl sites for hydroxylation is 2. The molecule has 0 bridgehead atoms. The highest BCUT2D eigenvalue weighted by molar-refractivity contribution is 7.99. The van der Waals surface area contributed by atoms with Gasteiger partial charge in [0.05, 0.1) is 12.3 Å². The average Bonchev–Trinajstić information content (AvgIpc) is 3.01. The molecule has 2 aromatic carbocycles. The van der Waals surface area contributed by atoms with Gasteiger partial charge in [0.2, 0.25) is 5.16 Å². The zero-order chi connectivity index (χ0) is 16.1. The molecule has 1 heterocycles. The van der Waals surface area contributed by atoms with Crippen molar-refractivity contribution in [1.82, 2.24) is 20.2 Å². The summed E-state index contributed by atoms with van der Waals surface area (Å²) < 4.78 is 7.50. The van der Waals surface area contributed by atoms with E-state index in [1.165, 1.54) is 0 Å². The molecular formula is C17H18N4OS. The third-order valence-electron chi connectivity index (χ3n) is 3.42. The molecule has 118 valence electrons. The highest BCUT2D eigenvalue weighted by atomic mass is 32.2. The summed E-state index contributed by atoms with van der Waals surface area (Å²) in [4.78, 5) is 0. The van der Waals surface area contributed by atoms with Crippen molar-refractivity contribution in [3.8, 4) is 11.4 Å². The van der Waals surface area contributed by atoms with Crippen LogP contribution in [0.3, 0.4) is 0 Å². The SMILES string of the molecule is Cc1cccc(C)c1-n1nnnc1SCCOc1ccccc1. The van der Waals surface area contributed by atoms with Crippen molar-refractivity contribution < 1.29 is 4.74 Å². The Morgan fingerprint density at radius 2 is 1.74 bits per heavy atom. The molecule has 0 radical (unpaired) electrons. The van der Waals surface area contributed by atoms with Gasteiger partial charge < -0.3 is 4.74 Å². The maximum atomic E-state index is 5.70. The van der Waals surface area contributed by atoms with Crippen molar-refractivity contribution in [1.29, 1.82) is 0 Å². The molecule has 0 saturated carbocycles. The summed E-state index contributed by atoms with van der Waals surface area (Å²) in [6, 6.07) is 16.0. The zero-order valence-electron chi connectivity index (χ0n) is 13.1. The van der Waals surface area contributed by atoms with Crippen LogP contribution in [0, 0.1) is 13.8 Å². The fourth-order valence-corrected chi connectivity index (χ4v) is 3.05. The van der Waals surface area contributed by atoms with Crippen molar-refractivity contribution >= 4 is 11.8 Å². The Labute approximate surface area is 139 Å². The lowest BCUT2D eigenvalue weighted by Crippen LogP contribution is -2.06. The van der Waals surface area contributed by atoms with Gasteiger partial charge in [-0.2, -0.15) is 4.68 Å². The summed E-state index contributed by atoms with van der Waals surface area (Å²) in [5.74, 6) is 1.66. The molecule has 1 aromatic heterocycles. The Bertz CT molecular complexity index is 753. The Morgan fingerprint density at radius 1 is 1.00 bits per heavy atom. The molecule has 0 aliphatic heterocycles. The van der Waals surface area contributed by atoms with Crippen LogP contribution in [-0.2, 0) is 0 Å². The number of aromatic nitrogens is 4. The number of para-hydroxylation sites is 2. The Morgan fingerprint density at radius 3 is 2.48 bits per heavy atom. The van der Waals surface area contributed by atoms with Gasteiger partial charge in [-0.25, -0.2) is 0 Å². The molecule has 0 atom stereocenters. The maximum absolute atomic E-state index is 5.70. The summed E-state index contributed by atoms with van der Waals surface area (Å²) in [5.41, 5.74) is 3.35. The van der Waals surface area contributed by atoms with E-state index in [-0.39, 0.29) is 0 Å². The number of tetrazole rings is 1. The largest absolute Gasteiger partial charge is 0.493 e. The van der Waals surface area contributed by atoms with Gasteiger partial charge in [0.15, 0.2) is 0 Å². The van der Waals surface area contributed by atoms with Crippen LogP contribution in [0.2, 0.25) is 0 Å². The highest BCUT2D eigenvalue weighted by Gasteiger charge is 2.13. The van der Waals surface area contributed by atoms with Crippen molar-refractivity contribution in [2.45, 2.75) is 19.0 Å². The van der Waals surface area contributed by atoms with E-state index in [1.807, 2.05) is 36.4 Å². The summed E-state index contributed by atoms with van der Waals surface area (Å²) in [6.07, 6.45) is 0. The Hall–Kier alpha value is -2.34. The van der Waals surface area contributed by atoms with Crippen molar-refractivity contribution in [3.05, 3.63) is 59.7 Å². The molecule has 0 N–H and O–H groups in total. The van der Waals surface area contributed by atoms with Crippen LogP contribution in [0.5, 0.6) is 5.75 Å². The predicted octanol–water partition coefficient (Wildman–Crippen LogP) is 3.45. The number of thioether (sulfide) groups is 1. The van der Waals surface area contributed by atoms with Crippen LogP contribution in [-0.4, -0.2) is 32.6 Å². The van der Waals surface area contributed by atoms with Crippen LogP contribution in [0.15, 0.2) is 53.7 Å². The summed E-state index contributed by atoms with van der Waals surface area (Å²) >= 11 is 1.59. The van der Waals surface area contributed by atoms with Crippen LogP contribution in [0.4, 0.5) is 0 Å². The number of hydrogen-bond donors (Lipinski definition) is 0. The maximum Gasteiger partial charge on any atom is 0.214 e. The first kappa shape index (κ1) is 15.6. The lowest BCUT2D eigenvalue weighted by Gasteiger charge is -2.10. The van der Waals surface area contributed by atoms with E-state index in [1.54, 1.807) is 16.4 Å². The minimum atomic E-state index is 0.605. The fraction of sp³-hybridized carbons (Fsp3) is 0.235. The molecule has 0 spiro atoms. The molecule has 0 aliphatic rings. The van der Waals surface area contributed by atoms with Gasteiger partial charge in [0.1, 0.15) is 5.75 Å². The number of rotatable bonds is 6. The monoisotopic (exact) mass is 326 g/mol. The molecule has 0 fully saturated rings. The third-order valence-corrected chi connectivity index (χ3v) is 4.30. The van der Waals surface area contributed by atoms with Gasteiger partial charge in [-0.05, 0) is 47.5 Å². The number of hydrogen-bond acceptors (Lipinski definition) is 5. The quantitative estimate of drug-likeness (QED) is 0.513. The molecule has 3 rings (SSSR count). The predicted molar refractivity (Wildman–Crippen MR) is 91.3 cm³/mol. The second-order valence-electron chi connectivity index (χ2n) is 5.12. The summed E-state index contributed by atoms with van der Waals surface area (Å²) in [5, 5.41) is 12.9. The lowest BCUT2D eigenvalue weighted by molar-refractivity contribution is 0.344. The van der Waals surface area contributed by atoms with Crippen LogP contribution in [0.25, 0.3) is 5.69 Å². The van der Waals surface area contributed by atoms with E-state index in [9.17, 15) is 0 Å². The second kappa shape index (κ2) is 7.28. The summed E-state index contributed by atoms with van der Waals surface area (Å²) in [7, 11) is 0. The molecule has 0 amide bonds. The fourth-order valence-electron chi connectivity index (χ4n) is 2.36. The first-order valence-electron chi connectivity index (χ1n) is 7.41. The van der Waals surface area contributed by atoms with Gasteiger partial charge in [0.25, 0.3) is 0 Å². The third kappa shape index (κ3) is 3.71. The van der Waals surface area contributed by atoms with Crippen LogP contribution < -0.4 is 4.74 Å². The first-order chi connectivity index (χ1) is 11.3. The van der Waals surface area contributed by atoms with Gasteiger partial charge >= 0.3 is 0 Å². The molecule has 23 heavy (non-hydrogen) atoms. The minimum absolute atomic E-state index is 0.605. The van der Waals surface area contributed by atoms with Crippen molar-refractivity contribution in [2.75, 3.05) is 12.4 Å². The number of nitrogens with zero attached hydrogens (tertiary/aromatic N) is 4. The van der Waals surface area contributed by atoms with Crippen molar-refractivity contribution in [2.24, 2.45) is 0 Å². The van der Waals surface area contributed by atoms with E-state index in [0.717, 1.165) is 33.5 Å². The smallest absolute Gasteiger partial charge is 0.214 e. The summed E-state index contributed by atoms with van der Waals surface area (Å²) in [6.45, 7) is 4.74. The zero-order valence-corrected chi connectivity index (χ0v) is 14.0. The van der Waals surface area contributed by atoms with Gasteiger partial charge in [0, 0.05) is 5.75 Å². The topological polar surface area (TPSA) is 52.8 Å². The molecule has 6 heteroatoms. The molecule has 3 aromatic rings. The molecule has 0 unspecified atom stereocenters. The van der Waals surface area contributed by atoms with E-state index in [0.29, 0.717) is 6.61 Å². The first-order valence-corrected chi connectivity index (χ1v) is 8.40. The second-order valence-corrected chi connectivity index (χ2v) is 6.19. The Kier molecular flexibility index (Phi) is 4.92. The van der Waals surface area contributed by atoms with Crippen LogP contribution >= 0.6 is 11.8 Å². The van der Waals surface area contributed by atoms with E-state index < -0.39 is 0 Å².